The Hall–Kier alpha value is -2.36. The Balaban J connectivity index is 2.10. The van der Waals surface area contributed by atoms with E-state index in [4.69, 9.17) is 11.5 Å². The summed E-state index contributed by atoms with van der Waals surface area (Å²) in [7, 11) is -3.92. The first-order chi connectivity index (χ1) is 14.1. The van der Waals surface area contributed by atoms with E-state index in [1.54, 1.807) is 30.3 Å². The van der Waals surface area contributed by atoms with Gasteiger partial charge in [0.25, 0.3) is 10.0 Å². The number of phenols is 1. The van der Waals surface area contributed by atoms with E-state index in [9.17, 15) is 13.5 Å². The summed E-state index contributed by atoms with van der Waals surface area (Å²) >= 11 is 1.24. The molecule has 0 radical (unpaired) electrons. The van der Waals surface area contributed by atoms with Crippen LogP contribution < -0.4 is 15.8 Å². The zero-order valence-corrected chi connectivity index (χ0v) is 19.0. The molecule has 0 spiro atoms. The van der Waals surface area contributed by atoms with Gasteiger partial charge >= 0.3 is 0 Å². The molecule has 1 atom stereocenters. The number of nitrogens with two attached hydrogens (primary N) is 2. The van der Waals surface area contributed by atoms with Crippen molar-refractivity contribution in [3.8, 4) is 5.75 Å². The number of phenolic OH excluding ortho intramolecular Hbond substituents is 1. The number of sulfonamides is 1. The Bertz CT molecular complexity index is 1140. The van der Waals surface area contributed by atoms with Crippen LogP contribution in [0.25, 0.3) is 10.2 Å². The van der Waals surface area contributed by atoms with Gasteiger partial charge in [0.1, 0.15) is 5.75 Å². The Morgan fingerprint density at radius 2 is 1.93 bits per heavy atom. The van der Waals surface area contributed by atoms with Crippen LogP contribution >= 0.6 is 11.3 Å². The molecule has 1 aromatic heterocycles. The predicted molar refractivity (Wildman–Crippen MR) is 123 cm³/mol. The minimum Gasteiger partial charge on any atom is -0.505 e. The van der Waals surface area contributed by atoms with Gasteiger partial charge in [-0.1, -0.05) is 44.2 Å². The van der Waals surface area contributed by atoms with Crippen molar-refractivity contribution in [3.63, 3.8) is 0 Å². The maximum atomic E-state index is 13.6. The van der Waals surface area contributed by atoms with Gasteiger partial charge < -0.3 is 16.6 Å². The average molecular weight is 449 g/mol. The molecule has 0 fully saturated rings. The number of nitrogen functional groups attached to an aromatic ring is 1. The summed E-state index contributed by atoms with van der Waals surface area (Å²) in [6.07, 6.45) is 0.567. The van der Waals surface area contributed by atoms with Crippen molar-refractivity contribution < 1.29 is 13.5 Å². The first-order valence-corrected chi connectivity index (χ1v) is 12.1. The van der Waals surface area contributed by atoms with Crippen LogP contribution in [0.4, 0.5) is 10.8 Å². The second-order valence-corrected chi connectivity index (χ2v) is 10.9. The molecule has 1 heterocycles. The van der Waals surface area contributed by atoms with Crippen LogP contribution in [-0.2, 0) is 16.4 Å². The van der Waals surface area contributed by atoms with Gasteiger partial charge in [-0.25, -0.2) is 13.4 Å². The highest BCUT2D eigenvalue weighted by molar-refractivity contribution is 7.92. The van der Waals surface area contributed by atoms with Crippen LogP contribution in [0.15, 0.2) is 41.3 Å². The molecule has 7 nitrogen and oxygen atoms in total. The molecule has 0 saturated heterocycles. The molecule has 0 aliphatic carbocycles. The number of hydrogen-bond donors (Lipinski definition) is 3. The smallest absolute Gasteiger partial charge is 0.264 e. The molecule has 30 heavy (non-hydrogen) atoms. The Kier molecular flexibility index (Phi) is 6.54. The summed E-state index contributed by atoms with van der Waals surface area (Å²) in [5.41, 5.74) is 13.1. The molecule has 2 aromatic carbocycles. The highest BCUT2D eigenvalue weighted by atomic mass is 32.2. The monoisotopic (exact) mass is 448 g/mol. The first-order valence-electron chi connectivity index (χ1n) is 9.83. The van der Waals surface area contributed by atoms with Gasteiger partial charge in [-0.3, -0.25) is 4.31 Å². The number of para-hydroxylation sites is 1. The summed E-state index contributed by atoms with van der Waals surface area (Å²) in [6.45, 7) is 6.58. The van der Waals surface area contributed by atoms with Crippen LogP contribution in [0, 0.1) is 11.8 Å². The van der Waals surface area contributed by atoms with E-state index >= 15 is 0 Å². The zero-order valence-electron chi connectivity index (χ0n) is 17.4. The molecule has 0 saturated carbocycles. The zero-order chi connectivity index (χ0) is 22.1. The number of aromatic nitrogens is 1. The van der Waals surface area contributed by atoms with E-state index in [1.165, 1.54) is 21.7 Å². The molecule has 0 amide bonds. The van der Waals surface area contributed by atoms with Crippen molar-refractivity contribution in [1.82, 2.24) is 4.98 Å². The molecule has 0 bridgehead atoms. The number of hydrogen-bond acceptors (Lipinski definition) is 7. The van der Waals surface area contributed by atoms with Gasteiger partial charge in [-0.2, -0.15) is 0 Å². The van der Waals surface area contributed by atoms with Gasteiger partial charge in [0.15, 0.2) is 5.13 Å². The van der Waals surface area contributed by atoms with Crippen molar-refractivity contribution in [1.29, 1.82) is 0 Å². The molecule has 9 heteroatoms. The fourth-order valence-electron chi connectivity index (χ4n) is 3.27. The van der Waals surface area contributed by atoms with Crippen molar-refractivity contribution in [2.75, 3.05) is 23.1 Å². The third-order valence-corrected chi connectivity index (χ3v) is 7.46. The molecule has 0 unspecified atom stereocenters. The van der Waals surface area contributed by atoms with Crippen LogP contribution in [0.3, 0.4) is 0 Å². The molecule has 0 aliphatic heterocycles. The second-order valence-electron chi connectivity index (χ2n) is 7.94. The van der Waals surface area contributed by atoms with Gasteiger partial charge in [0, 0.05) is 6.54 Å². The molecule has 0 aliphatic rings. The Morgan fingerprint density at radius 1 is 1.20 bits per heavy atom. The summed E-state index contributed by atoms with van der Waals surface area (Å²) in [6, 6.07) is 9.97. The molecule has 3 rings (SSSR count). The SMILES string of the molecule is CC(C)CN(c1cccc(C[C@@H](C)CN)c1O)S(=O)(=O)c1ccc2nc(N)sc2c1. The van der Waals surface area contributed by atoms with Crippen molar-refractivity contribution in [2.45, 2.75) is 32.1 Å². The van der Waals surface area contributed by atoms with E-state index in [2.05, 4.69) is 4.98 Å². The summed E-state index contributed by atoms with van der Waals surface area (Å²) in [4.78, 5) is 4.33. The quantitative estimate of drug-likeness (QED) is 0.484. The Morgan fingerprint density at radius 3 is 2.60 bits per heavy atom. The van der Waals surface area contributed by atoms with Crippen LogP contribution in [0.5, 0.6) is 5.75 Å². The lowest BCUT2D eigenvalue weighted by atomic mass is 10.00. The van der Waals surface area contributed by atoms with E-state index in [-0.39, 0.29) is 34.7 Å². The standard InChI is InChI=1S/C21H28N4O3S2/c1-13(2)12-25(18-6-4-5-15(20(18)26)9-14(3)11-22)30(27,28)16-7-8-17-19(10-16)29-21(23)24-17/h4-8,10,13-14,26H,9,11-12,22H2,1-3H3,(H2,23,24)/t14-/m1/s1. The van der Waals surface area contributed by atoms with E-state index < -0.39 is 10.0 Å². The summed E-state index contributed by atoms with van der Waals surface area (Å²) < 4.78 is 29.2. The number of nitrogens with zero attached hydrogens (tertiary/aromatic N) is 2. The lowest BCUT2D eigenvalue weighted by molar-refractivity contribution is 0.459. The molecule has 162 valence electrons. The average Bonchev–Trinajstić information content (AvgIpc) is 3.06. The highest BCUT2D eigenvalue weighted by Gasteiger charge is 2.29. The van der Waals surface area contributed by atoms with Crippen molar-refractivity contribution in [3.05, 3.63) is 42.0 Å². The van der Waals surface area contributed by atoms with Gasteiger partial charge in [0.05, 0.1) is 20.8 Å². The number of fused-ring (bicyclic) bond motifs is 1. The topological polar surface area (TPSA) is 123 Å². The van der Waals surface area contributed by atoms with Crippen LogP contribution in [-0.4, -0.2) is 31.6 Å². The number of rotatable bonds is 8. The van der Waals surface area contributed by atoms with Gasteiger partial charge in [-0.15, -0.1) is 0 Å². The fraction of sp³-hybridized carbons (Fsp3) is 0.381. The third-order valence-electron chi connectivity index (χ3n) is 4.83. The lowest BCUT2D eigenvalue weighted by Crippen LogP contribution is -2.34. The predicted octanol–water partition coefficient (Wildman–Crippen LogP) is 3.57. The maximum absolute atomic E-state index is 13.6. The van der Waals surface area contributed by atoms with E-state index in [0.717, 1.165) is 0 Å². The van der Waals surface area contributed by atoms with E-state index in [0.29, 0.717) is 33.9 Å². The molecule has 5 N–H and O–H groups in total. The van der Waals surface area contributed by atoms with Crippen molar-refractivity contribution in [2.24, 2.45) is 17.6 Å². The van der Waals surface area contributed by atoms with Gasteiger partial charge in [-0.05, 0) is 54.6 Å². The minimum atomic E-state index is -3.92. The van der Waals surface area contributed by atoms with E-state index in [1.807, 2.05) is 20.8 Å². The molecule has 3 aromatic rings. The number of aromatic hydroxyl groups is 1. The van der Waals surface area contributed by atoms with Crippen LogP contribution in [0.1, 0.15) is 26.3 Å². The van der Waals surface area contributed by atoms with Gasteiger partial charge in [0.2, 0.25) is 0 Å². The number of benzene rings is 2. The maximum Gasteiger partial charge on any atom is 0.264 e. The molecular formula is C21H28N4O3S2. The number of anilines is 2. The largest absolute Gasteiger partial charge is 0.505 e. The summed E-state index contributed by atoms with van der Waals surface area (Å²) in [5, 5.41) is 11.3. The first kappa shape index (κ1) is 22.3. The molecular weight excluding hydrogens is 420 g/mol. The fourth-order valence-corrected chi connectivity index (χ4v) is 5.78. The Labute approximate surface area is 181 Å². The lowest BCUT2D eigenvalue weighted by Gasteiger charge is -2.28. The number of thiazole rings is 1. The second kappa shape index (κ2) is 8.79. The van der Waals surface area contributed by atoms with Crippen molar-refractivity contribution >= 4 is 42.4 Å². The third kappa shape index (κ3) is 4.53. The normalized spacial score (nSPS) is 13.1. The van der Waals surface area contributed by atoms with Crippen LogP contribution in [0.2, 0.25) is 0 Å². The highest BCUT2D eigenvalue weighted by Crippen LogP contribution is 2.37. The summed E-state index contributed by atoms with van der Waals surface area (Å²) in [5.74, 6) is 0.194. The minimum absolute atomic E-state index is 0.0230.